The van der Waals surface area contributed by atoms with Crippen molar-refractivity contribution in [3.63, 3.8) is 0 Å². The maximum absolute atomic E-state index is 11.9. The predicted octanol–water partition coefficient (Wildman–Crippen LogP) is 1.49. The number of nitrogens with zero attached hydrogens (tertiary/aromatic N) is 2. The fraction of sp³-hybridized carbons (Fsp3) is 0.182. The number of carbonyl (C=O) groups excluding carboxylic acids is 1. The van der Waals surface area contributed by atoms with Crippen LogP contribution in [-0.4, -0.2) is 27.7 Å². The van der Waals surface area contributed by atoms with E-state index < -0.39 is 11.9 Å². The Morgan fingerprint density at radius 1 is 1.29 bits per heavy atom. The van der Waals surface area contributed by atoms with Crippen molar-refractivity contribution >= 4 is 11.6 Å². The van der Waals surface area contributed by atoms with E-state index >= 15 is 0 Å². The molecule has 1 fully saturated rings. The Hall–Kier alpha value is -2.21. The zero-order valence-corrected chi connectivity index (χ0v) is 9.20. The van der Waals surface area contributed by atoms with Crippen molar-refractivity contribution in [3.8, 4) is 0 Å². The highest BCUT2D eigenvalue weighted by Gasteiger charge is 2.38. The summed E-state index contributed by atoms with van der Waals surface area (Å²) in [5, 5.41) is 20.2. The van der Waals surface area contributed by atoms with Crippen molar-refractivity contribution in [2.45, 2.75) is 6.92 Å². The third-order valence-electron chi connectivity index (χ3n) is 2.31. The molecule has 0 unspecified atom stereocenters. The van der Waals surface area contributed by atoms with Crippen molar-refractivity contribution in [1.82, 2.24) is 5.06 Å². The van der Waals surface area contributed by atoms with Crippen molar-refractivity contribution in [3.05, 3.63) is 42.0 Å². The first kappa shape index (κ1) is 11.3. The lowest BCUT2D eigenvalue weighted by Gasteiger charge is -2.15. The Morgan fingerprint density at radius 2 is 1.94 bits per heavy atom. The molecule has 0 aromatic heterocycles. The number of aliphatic hydroxyl groups excluding tert-OH is 1. The van der Waals surface area contributed by atoms with Gasteiger partial charge in [0.2, 0.25) is 5.70 Å². The summed E-state index contributed by atoms with van der Waals surface area (Å²) in [7, 11) is 0. The Labute approximate surface area is 97.9 Å². The van der Waals surface area contributed by atoms with Crippen LogP contribution < -0.4 is 5.06 Å². The molecule has 6 nitrogen and oxygen atoms in total. The van der Waals surface area contributed by atoms with Gasteiger partial charge in [-0.3, -0.25) is 4.79 Å². The van der Waals surface area contributed by atoms with E-state index in [4.69, 9.17) is 15.2 Å². The lowest BCUT2D eigenvalue weighted by atomic mass is 10.3. The number of carbonyl (C=O) groups is 1. The van der Waals surface area contributed by atoms with Crippen LogP contribution in [0.25, 0.3) is 0 Å². The molecule has 1 aromatic carbocycles. The summed E-state index contributed by atoms with van der Waals surface area (Å²) in [6.07, 6.45) is 0. The van der Waals surface area contributed by atoms with Crippen LogP contribution >= 0.6 is 0 Å². The standard InChI is InChI=1S/C11H12N2O4/c1-2-12-9(11(15)16)10(14)13(17-12)8-6-4-3-5-7-8/h3-7,15-16H,2H2,1H3. The van der Waals surface area contributed by atoms with E-state index in [-0.39, 0.29) is 5.70 Å². The molecular weight excluding hydrogens is 224 g/mol. The van der Waals surface area contributed by atoms with Crippen LogP contribution in [-0.2, 0) is 9.73 Å². The van der Waals surface area contributed by atoms with Gasteiger partial charge in [0.05, 0.1) is 5.69 Å². The summed E-state index contributed by atoms with van der Waals surface area (Å²) in [5.74, 6) is -1.66. The second kappa shape index (κ2) is 4.34. The Morgan fingerprint density at radius 3 is 2.41 bits per heavy atom. The number of benzene rings is 1. The largest absolute Gasteiger partial charge is 0.479 e. The minimum Gasteiger partial charge on any atom is -0.479 e. The van der Waals surface area contributed by atoms with Crippen LogP contribution in [0.5, 0.6) is 0 Å². The van der Waals surface area contributed by atoms with Crippen LogP contribution in [0.15, 0.2) is 42.0 Å². The molecule has 2 N–H and O–H groups in total. The first-order chi connectivity index (χ1) is 8.15. The molecule has 1 aliphatic heterocycles. The minimum atomic E-state index is -1.05. The number of hydroxylamine groups is 3. The monoisotopic (exact) mass is 236 g/mol. The first-order valence-corrected chi connectivity index (χ1v) is 5.12. The fourth-order valence-electron chi connectivity index (χ4n) is 1.53. The highest BCUT2D eigenvalue weighted by Crippen LogP contribution is 2.26. The summed E-state index contributed by atoms with van der Waals surface area (Å²) < 4.78 is 0. The van der Waals surface area contributed by atoms with E-state index in [2.05, 4.69) is 0 Å². The number of anilines is 1. The second-order valence-corrected chi connectivity index (χ2v) is 3.38. The van der Waals surface area contributed by atoms with Crippen LogP contribution in [0, 0.1) is 0 Å². The topological polar surface area (TPSA) is 73.2 Å². The molecule has 1 amide bonds. The molecule has 0 bridgehead atoms. The van der Waals surface area contributed by atoms with Gasteiger partial charge in [0.15, 0.2) is 0 Å². The van der Waals surface area contributed by atoms with E-state index in [1.807, 2.05) is 6.07 Å². The average molecular weight is 236 g/mol. The molecule has 1 saturated heterocycles. The summed E-state index contributed by atoms with van der Waals surface area (Å²) in [4.78, 5) is 17.1. The van der Waals surface area contributed by atoms with Gasteiger partial charge in [0.1, 0.15) is 0 Å². The highest BCUT2D eigenvalue weighted by molar-refractivity contribution is 6.05. The van der Waals surface area contributed by atoms with Crippen LogP contribution in [0.1, 0.15) is 6.92 Å². The number of likely N-dealkylation sites (N-methyl/N-ethyl adjacent to an activating group) is 1. The summed E-state index contributed by atoms with van der Waals surface area (Å²) in [5.41, 5.74) is 0.253. The molecule has 1 aromatic rings. The SMILES string of the molecule is CCN1ON(c2ccccc2)C(=O)C1=C(O)O. The summed E-state index contributed by atoms with van der Waals surface area (Å²) >= 11 is 0. The fourth-order valence-corrected chi connectivity index (χ4v) is 1.53. The zero-order chi connectivity index (χ0) is 12.4. The van der Waals surface area contributed by atoms with Crippen molar-refractivity contribution in [2.75, 3.05) is 11.6 Å². The average Bonchev–Trinajstić information content (AvgIpc) is 2.67. The highest BCUT2D eigenvalue weighted by atomic mass is 16.9. The van der Waals surface area contributed by atoms with Gasteiger partial charge in [0.25, 0.3) is 0 Å². The Balaban J connectivity index is 2.36. The predicted molar refractivity (Wildman–Crippen MR) is 59.7 cm³/mol. The van der Waals surface area contributed by atoms with Crippen LogP contribution in [0.4, 0.5) is 5.69 Å². The maximum Gasteiger partial charge on any atom is 0.310 e. The number of rotatable bonds is 2. The van der Waals surface area contributed by atoms with Gasteiger partial charge in [-0.25, -0.2) is 5.06 Å². The van der Waals surface area contributed by atoms with Crippen LogP contribution in [0.2, 0.25) is 0 Å². The smallest absolute Gasteiger partial charge is 0.310 e. The van der Waals surface area contributed by atoms with Gasteiger partial charge < -0.3 is 10.2 Å². The molecule has 0 spiro atoms. The Bertz CT molecular complexity index is 454. The second-order valence-electron chi connectivity index (χ2n) is 3.38. The quantitative estimate of drug-likeness (QED) is 0.601. The van der Waals surface area contributed by atoms with Gasteiger partial charge in [-0.2, -0.15) is 5.06 Å². The Kier molecular flexibility index (Phi) is 2.88. The molecule has 1 aliphatic rings. The lowest BCUT2D eigenvalue weighted by Crippen LogP contribution is -2.24. The molecule has 0 radical (unpaired) electrons. The number of hydrogen-bond donors (Lipinski definition) is 2. The third kappa shape index (κ3) is 1.90. The van der Waals surface area contributed by atoms with Gasteiger partial charge in [-0.1, -0.05) is 18.2 Å². The van der Waals surface area contributed by atoms with Crippen molar-refractivity contribution in [2.24, 2.45) is 0 Å². The number of amides is 1. The molecule has 1 heterocycles. The van der Waals surface area contributed by atoms with Crippen molar-refractivity contribution < 1.29 is 19.9 Å². The lowest BCUT2D eigenvalue weighted by molar-refractivity contribution is -0.125. The number of aliphatic hydroxyl groups is 2. The molecule has 0 saturated carbocycles. The molecule has 6 heteroatoms. The van der Waals surface area contributed by atoms with Gasteiger partial charge in [0, 0.05) is 6.54 Å². The minimum absolute atomic E-state index is 0.267. The van der Waals surface area contributed by atoms with E-state index in [1.165, 1.54) is 0 Å². The zero-order valence-electron chi connectivity index (χ0n) is 9.20. The van der Waals surface area contributed by atoms with Crippen LogP contribution in [0.3, 0.4) is 0 Å². The van der Waals surface area contributed by atoms with Gasteiger partial charge >= 0.3 is 11.9 Å². The maximum atomic E-state index is 11.9. The summed E-state index contributed by atoms with van der Waals surface area (Å²) in [6, 6.07) is 8.68. The normalized spacial score (nSPS) is 15.6. The van der Waals surface area contributed by atoms with E-state index in [9.17, 15) is 4.79 Å². The number of para-hydroxylation sites is 1. The molecule has 0 atom stereocenters. The number of hydrogen-bond acceptors (Lipinski definition) is 5. The molecule has 2 rings (SSSR count). The van der Waals surface area contributed by atoms with E-state index in [0.717, 1.165) is 10.1 Å². The van der Waals surface area contributed by atoms with E-state index in [0.29, 0.717) is 12.2 Å². The molecule has 0 aliphatic carbocycles. The third-order valence-corrected chi connectivity index (χ3v) is 2.31. The van der Waals surface area contributed by atoms with E-state index in [1.54, 1.807) is 31.2 Å². The first-order valence-electron chi connectivity index (χ1n) is 5.12. The van der Waals surface area contributed by atoms with Crippen molar-refractivity contribution in [1.29, 1.82) is 0 Å². The summed E-state index contributed by atoms with van der Waals surface area (Å²) in [6.45, 7) is 2.04. The molecule has 90 valence electrons. The van der Waals surface area contributed by atoms with Gasteiger partial charge in [-0.15, -0.1) is 4.94 Å². The van der Waals surface area contributed by atoms with Gasteiger partial charge in [-0.05, 0) is 19.1 Å². The molecule has 17 heavy (non-hydrogen) atoms. The molecular formula is C11H12N2O4.